The van der Waals surface area contributed by atoms with Crippen molar-refractivity contribution in [2.45, 2.75) is 77.3 Å². The lowest BCUT2D eigenvalue weighted by Crippen LogP contribution is -2.53. The molecular formula is C23H30N2O7. The first-order valence-electron chi connectivity index (χ1n) is 11.7. The van der Waals surface area contributed by atoms with Crippen molar-refractivity contribution in [3.63, 3.8) is 0 Å². The fourth-order valence-electron chi connectivity index (χ4n) is 8.00. The van der Waals surface area contributed by atoms with Gasteiger partial charge in [0.15, 0.2) is 0 Å². The Hall–Kier alpha value is -1.84. The molecule has 0 radical (unpaired) electrons. The summed E-state index contributed by atoms with van der Waals surface area (Å²) in [7, 11) is 0. The van der Waals surface area contributed by atoms with Crippen LogP contribution < -0.4 is 0 Å². The number of amides is 4. The van der Waals surface area contributed by atoms with Crippen molar-refractivity contribution in [1.82, 2.24) is 9.80 Å². The molecule has 6 aliphatic heterocycles. The summed E-state index contributed by atoms with van der Waals surface area (Å²) in [5.74, 6) is -1.12. The van der Waals surface area contributed by atoms with Crippen molar-refractivity contribution in [1.29, 1.82) is 0 Å². The third-order valence-electron chi connectivity index (χ3n) is 10.2. The Labute approximate surface area is 186 Å². The number of fused-ring (bicyclic) bond motifs is 10. The van der Waals surface area contributed by atoms with Crippen LogP contribution in [0.1, 0.15) is 52.9 Å². The number of hydrogen-bond acceptors (Lipinski definition) is 7. The van der Waals surface area contributed by atoms with Gasteiger partial charge in [0.2, 0.25) is 23.6 Å². The molecule has 32 heavy (non-hydrogen) atoms. The maximum absolute atomic E-state index is 13.4. The molecule has 0 aromatic carbocycles. The second kappa shape index (κ2) is 5.98. The number of aliphatic hydroxyl groups is 1. The van der Waals surface area contributed by atoms with Crippen molar-refractivity contribution in [3.05, 3.63) is 0 Å². The van der Waals surface area contributed by atoms with E-state index in [0.717, 1.165) is 12.8 Å². The van der Waals surface area contributed by atoms with E-state index in [9.17, 15) is 24.3 Å². The molecule has 0 spiro atoms. The molecule has 6 saturated heterocycles. The minimum absolute atomic E-state index is 0.113. The lowest BCUT2D eigenvalue weighted by Gasteiger charge is -2.37. The molecule has 9 heteroatoms. The van der Waals surface area contributed by atoms with Crippen LogP contribution in [0.2, 0.25) is 0 Å². The monoisotopic (exact) mass is 446 g/mol. The molecule has 1 N–H and O–H groups in total. The molecule has 8 atom stereocenters. The van der Waals surface area contributed by atoms with Crippen LogP contribution in [-0.2, 0) is 28.7 Å². The molecule has 4 bridgehead atoms. The highest BCUT2D eigenvalue weighted by Gasteiger charge is 2.79. The van der Waals surface area contributed by atoms with E-state index in [4.69, 9.17) is 9.47 Å². The molecule has 0 aromatic rings. The topological polar surface area (TPSA) is 113 Å². The Kier molecular flexibility index (Phi) is 3.88. The quantitative estimate of drug-likeness (QED) is 0.602. The SMILES string of the molecule is C[C@@]12C(=O)N(CCCN3C(=O)[C@@]4(CO)C5CCC(O5)[C@@]4(C)C3=O)C(=O)[C@]1(C)C1CCC2O1. The summed E-state index contributed by atoms with van der Waals surface area (Å²) in [6.07, 6.45) is 1.96. The molecule has 4 unspecified atom stereocenters. The molecule has 6 fully saturated rings. The maximum Gasteiger partial charge on any atom is 0.241 e. The van der Waals surface area contributed by atoms with Gasteiger partial charge in [-0.1, -0.05) is 0 Å². The third-order valence-corrected chi connectivity index (χ3v) is 10.2. The van der Waals surface area contributed by atoms with E-state index >= 15 is 0 Å². The predicted octanol–water partition coefficient (Wildman–Crippen LogP) is 0.234. The summed E-state index contributed by atoms with van der Waals surface area (Å²) >= 11 is 0. The first kappa shape index (κ1) is 20.7. The van der Waals surface area contributed by atoms with E-state index in [-0.39, 0.29) is 55.0 Å². The van der Waals surface area contributed by atoms with E-state index in [1.807, 2.05) is 13.8 Å². The van der Waals surface area contributed by atoms with Gasteiger partial charge < -0.3 is 14.6 Å². The summed E-state index contributed by atoms with van der Waals surface area (Å²) < 4.78 is 11.8. The minimum Gasteiger partial charge on any atom is -0.395 e. The standard InChI is InChI=1S/C23H30N2O7/c1-20-12-5-6-13(31-12)21(20,2)17(28)24(16(20)27)9-4-10-25-18(29)22(3)14-7-8-15(32-14)23(22,11-26)19(25)30/h12-15,26H,4-11H2,1-3H3/t12?,13?,14?,15?,20-,21+,22-,23+/m0/s1. The number of carbonyl (C=O) groups excluding carboxylic acids is 4. The van der Waals surface area contributed by atoms with Gasteiger partial charge in [0, 0.05) is 13.1 Å². The minimum atomic E-state index is -1.22. The van der Waals surface area contributed by atoms with Crippen LogP contribution in [0.3, 0.4) is 0 Å². The summed E-state index contributed by atoms with van der Waals surface area (Å²) in [5, 5.41) is 10.2. The lowest BCUT2D eigenvalue weighted by atomic mass is 9.58. The summed E-state index contributed by atoms with van der Waals surface area (Å²) in [6, 6.07) is 0. The zero-order chi connectivity index (χ0) is 22.8. The summed E-state index contributed by atoms with van der Waals surface area (Å²) in [5.41, 5.74) is -3.99. The summed E-state index contributed by atoms with van der Waals surface area (Å²) in [4.78, 5) is 55.8. The van der Waals surface area contributed by atoms with Crippen molar-refractivity contribution in [2.24, 2.45) is 21.7 Å². The van der Waals surface area contributed by atoms with Crippen LogP contribution in [0.5, 0.6) is 0 Å². The van der Waals surface area contributed by atoms with E-state index in [0.29, 0.717) is 19.3 Å². The third kappa shape index (κ3) is 1.81. The second-order valence-electron chi connectivity index (χ2n) is 11.0. The average molecular weight is 447 g/mol. The van der Waals surface area contributed by atoms with Crippen LogP contribution in [0.15, 0.2) is 0 Å². The zero-order valence-electron chi connectivity index (χ0n) is 18.8. The van der Waals surface area contributed by atoms with Gasteiger partial charge in [-0.15, -0.1) is 0 Å². The molecule has 6 heterocycles. The molecular weight excluding hydrogens is 416 g/mol. The predicted molar refractivity (Wildman–Crippen MR) is 108 cm³/mol. The highest BCUT2D eigenvalue weighted by molar-refractivity contribution is 6.12. The number of imide groups is 2. The number of nitrogens with zero attached hydrogens (tertiary/aromatic N) is 2. The largest absolute Gasteiger partial charge is 0.395 e. The zero-order valence-corrected chi connectivity index (χ0v) is 18.8. The molecule has 9 nitrogen and oxygen atoms in total. The Balaban J connectivity index is 1.20. The number of hydrogen-bond donors (Lipinski definition) is 1. The lowest BCUT2D eigenvalue weighted by molar-refractivity contribution is -0.146. The van der Waals surface area contributed by atoms with Gasteiger partial charge in [-0.3, -0.25) is 29.0 Å². The van der Waals surface area contributed by atoms with E-state index < -0.39 is 34.4 Å². The van der Waals surface area contributed by atoms with E-state index in [1.54, 1.807) is 6.92 Å². The van der Waals surface area contributed by atoms with Gasteiger partial charge in [-0.2, -0.15) is 0 Å². The van der Waals surface area contributed by atoms with Gasteiger partial charge in [0.25, 0.3) is 0 Å². The fraction of sp³-hybridized carbons (Fsp3) is 0.826. The van der Waals surface area contributed by atoms with Crippen LogP contribution in [0.25, 0.3) is 0 Å². The van der Waals surface area contributed by atoms with Gasteiger partial charge in [-0.05, 0) is 52.9 Å². The van der Waals surface area contributed by atoms with E-state index in [2.05, 4.69) is 0 Å². The molecule has 4 amide bonds. The van der Waals surface area contributed by atoms with Gasteiger partial charge in [0.1, 0.15) is 5.41 Å². The molecule has 174 valence electrons. The number of likely N-dealkylation sites (tertiary alicyclic amines) is 2. The van der Waals surface area contributed by atoms with Crippen LogP contribution in [0.4, 0.5) is 0 Å². The van der Waals surface area contributed by atoms with Crippen molar-refractivity contribution in [2.75, 3.05) is 19.7 Å². The Bertz CT molecular complexity index is 934. The van der Waals surface area contributed by atoms with Gasteiger partial charge in [-0.25, -0.2) is 0 Å². The molecule has 6 aliphatic rings. The molecule has 0 aliphatic carbocycles. The summed E-state index contributed by atoms with van der Waals surface area (Å²) in [6.45, 7) is 5.27. The first-order chi connectivity index (χ1) is 15.1. The highest BCUT2D eigenvalue weighted by atomic mass is 16.5. The van der Waals surface area contributed by atoms with Crippen LogP contribution in [0, 0.1) is 21.7 Å². The molecule has 6 rings (SSSR count). The van der Waals surface area contributed by atoms with Gasteiger partial charge in [0.05, 0.1) is 47.3 Å². The molecule has 0 saturated carbocycles. The molecule has 0 aromatic heterocycles. The Morgan fingerprint density at radius 3 is 1.62 bits per heavy atom. The first-order valence-corrected chi connectivity index (χ1v) is 11.7. The van der Waals surface area contributed by atoms with E-state index in [1.165, 1.54) is 9.80 Å². The smallest absolute Gasteiger partial charge is 0.241 e. The van der Waals surface area contributed by atoms with Crippen molar-refractivity contribution >= 4 is 23.6 Å². The number of ether oxygens (including phenoxy) is 2. The number of rotatable bonds is 5. The fourth-order valence-corrected chi connectivity index (χ4v) is 8.00. The second-order valence-corrected chi connectivity index (χ2v) is 11.0. The maximum atomic E-state index is 13.4. The normalized spacial score (nSPS) is 50.9. The van der Waals surface area contributed by atoms with Crippen LogP contribution >= 0.6 is 0 Å². The Morgan fingerprint density at radius 2 is 1.12 bits per heavy atom. The number of aliphatic hydroxyl groups excluding tert-OH is 1. The highest BCUT2D eigenvalue weighted by Crippen LogP contribution is 2.65. The van der Waals surface area contributed by atoms with Crippen LogP contribution in [-0.4, -0.2) is 82.6 Å². The average Bonchev–Trinajstić information content (AvgIpc) is 3.57. The number of carbonyl (C=O) groups is 4. The Morgan fingerprint density at radius 1 is 0.719 bits per heavy atom. The van der Waals surface area contributed by atoms with Gasteiger partial charge >= 0.3 is 0 Å². The van der Waals surface area contributed by atoms with Crippen molar-refractivity contribution < 1.29 is 33.8 Å². The van der Waals surface area contributed by atoms with Crippen molar-refractivity contribution in [3.8, 4) is 0 Å².